The molecule has 1 fully saturated rings. The van der Waals surface area contributed by atoms with E-state index < -0.39 is 0 Å². The van der Waals surface area contributed by atoms with Gasteiger partial charge in [-0.1, -0.05) is 18.2 Å². The van der Waals surface area contributed by atoms with Crippen molar-refractivity contribution in [3.8, 4) is 0 Å². The summed E-state index contributed by atoms with van der Waals surface area (Å²) >= 11 is 0. The van der Waals surface area contributed by atoms with Crippen molar-refractivity contribution in [2.75, 3.05) is 19.7 Å². The maximum Gasteiger partial charge on any atom is 0.252 e. The Labute approximate surface area is 114 Å². The number of hydrogen-bond donors (Lipinski definition) is 2. The summed E-state index contributed by atoms with van der Waals surface area (Å²) in [5, 5.41) is 12.1. The molecule has 1 aliphatic heterocycles. The van der Waals surface area contributed by atoms with Gasteiger partial charge in [-0.05, 0) is 37.8 Å². The van der Waals surface area contributed by atoms with Gasteiger partial charge in [0.1, 0.15) is 0 Å². The molecule has 19 heavy (non-hydrogen) atoms. The number of nitrogens with zero attached hydrogens (tertiary/aromatic N) is 1. The third kappa shape index (κ3) is 4.04. The molecule has 1 unspecified atom stereocenters. The molecule has 0 radical (unpaired) electrons. The summed E-state index contributed by atoms with van der Waals surface area (Å²) in [5.41, 5.74) is 0.690. The number of aliphatic hydroxyl groups is 1. The number of nitrogens with one attached hydrogen (secondary N) is 1. The van der Waals surface area contributed by atoms with Crippen LogP contribution in [0.25, 0.3) is 0 Å². The Morgan fingerprint density at radius 2 is 1.95 bits per heavy atom. The molecule has 0 aromatic heterocycles. The van der Waals surface area contributed by atoms with Gasteiger partial charge >= 0.3 is 0 Å². The first-order chi connectivity index (χ1) is 9.31. The largest absolute Gasteiger partial charge is 0.396 e. The van der Waals surface area contributed by atoms with Crippen LogP contribution in [0.4, 0.5) is 0 Å². The number of hydrogen-bond acceptors (Lipinski definition) is 3. The van der Waals surface area contributed by atoms with Crippen molar-refractivity contribution in [2.45, 2.75) is 31.8 Å². The van der Waals surface area contributed by atoms with Gasteiger partial charge in [0.25, 0.3) is 5.91 Å². The highest BCUT2D eigenvalue weighted by molar-refractivity contribution is 5.94. The molecule has 1 heterocycles. The van der Waals surface area contributed by atoms with Crippen LogP contribution in [0.2, 0.25) is 0 Å². The van der Waals surface area contributed by atoms with Gasteiger partial charge in [-0.25, -0.2) is 0 Å². The van der Waals surface area contributed by atoms with Gasteiger partial charge in [0, 0.05) is 25.3 Å². The first kappa shape index (κ1) is 14.0. The fourth-order valence-electron chi connectivity index (χ4n) is 2.51. The quantitative estimate of drug-likeness (QED) is 0.819. The van der Waals surface area contributed by atoms with Crippen LogP contribution in [0, 0.1) is 0 Å². The fraction of sp³-hybridized carbons (Fsp3) is 0.533. The van der Waals surface area contributed by atoms with E-state index in [1.165, 1.54) is 12.8 Å². The fourth-order valence-corrected chi connectivity index (χ4v) is 2.51. The summed E-state index contributed by atoms with van der Waals surface area (Å²) < 4.78 is 0. The lowest BCUT2D eigenvalue weighted by molar-refractivity contribution is 0.0855. The van der Waals surface area contributed by atoms with E-state index in [1.807, 2.05) is 30.3 Å². The van der Waals surface area contributed by atoms with Crippen molar-refractivity contribution in [2.24, 2.45) is 0 Å². The lowest BCUT2D eigenvalue weighted by Crippen LogP contribution is -2.47. The van der Waals surface area contributed by atoms with Crippen LogP contribution in [-0.2, 0) is 0 Å². The molecule has 0 aliphatic carbocycles. The average molecular weight is 262 g/mol. The summed E-state index contributed by atoms with van der Waals surface area (Å²) in [6.07, 6.45) is 3.95. The topological polar surface area (TPSA) is 52.6 Å². The second-order valence-electron chi connectivity index (χ2n) is 4.96. The molecule has 2 N–H and O–H groups in total. The summed E-state index contributed by atoms with van der Waals surface area (Å²) in [4.78, 5) is 14.5. The Balaban J connectivity index is 1.96. The molecule has 1 aromatic rings. The van der Waals surface area contributed by atoms with Crippen molar-refractivity contribution >= 4 is 5.91 Å². The van der Waals surface area contributed by atoms with Crippen molar-refractivity contribution in [1.82, 2.24) is 10.2 Å². The minimum absolute atomic E-state index is 0.0320. The van der Waals surface area contributed by atoms with Crippen LogP contribution < -0.4 is 5.32 Å². The second kappa shape index (κ2) is 7.26. The van der Waals surface area contributed by atoms with Gasteiger partial charge in [-0.3, -0.25) is 9.69 Å². The maximum atomic E-state index is 12.2. The van der Waals surface area contributed by atoms with Crippen LogP contribution >= 0.6 is 0 Å². The molecular weight excluding hydrogens is 240 g/mol. The minimum Gasteiger partial charge on any atom is -0.396 e. The Bertz CT molecular complexity index is 388. The molecule has 1 saturated heterocycles. The predicted molar refractivity (Wildman–Crippen MR) is 74.8 cm³/mol. The van der Waals surface area contributed by atoms with Gasteiger partial charge < -0.3 is 10.4 Å². The Kier molecular flexibility index (Phi) is 5.36. The lowest BCUT2D eigenvalue weighted by Gasteiger charge is -2.28. The number of benzene rings is 1. The van der Waals surface area contributed by atoms with Crippen molar-refractivity contribution < 1.29 is 9.90 Å². The molecule has 0 spiro atoms. The smallest absolute Gasteiger partial charge is 0.252 e. The van der Waals surface area contributed by atoms with E-state index in [0.29, 0.717) is 5.56 Å². The van der Waals surface area contributed by atoms with Crippen LogP contribution in [0.15, 0.2) is 30.3 Å². The Morgan fingerprint density at radius 3 is 2.58 bits per heavy atom. The summed E-state index contributed by atoms with van der Waals surface area (Å²) in [5.74, 6) is -0.0320. The second-order valence-corrected chi connectivity index (χ2v) is 4.96. The first-order valence-electron chi connectivity index (χ1n) is 7.02. The molecular formula is C15H22N2O2. The van der Waals surface area contributed by atoms with Gasteiger partial charge in [-0.15, -0.1) is 0 Å². The van der Waals surface area contributed by atoms with Gasteiger partial charge in [0.05, 0.1) is 6.17 Å². The number of rotatable bonds is 6. The molecule has 4 nitrogen and oxygen atoms in total. The molecule has 104 valence electrons. The monoisotopic (exact) mass is 262 g/mol. The van der Waals surface area contributed by atoms with E-state index in [9.17, 15) is 4.79 Å². The molecule has 1 amide bonds. The first-order valence-corrected chi connectivity index (χ1v) is 7.02. The summed E-state index contributed by atoms with van der Waals surface area (Å²) in [6, 6.07) is 9.28. The normalized spacial score (nSPS) is 17.3. The third-order valence-electron chi connectivity index (χ3n) is 3.55. The average Bonchev–Trinajstić information content (AvgIpc) is 2.98. The van der Waals surface area contributed by atoms with Crippen LogP contribution in [-0.4, -0.2) is 41.8 Å². The van der Waals surface area contributed by atoms with Gasteiger partial charge in [0.2, 0.25) is 0 Å². The van der Waals surface area contributed by atoms with E-state index in [-0.39, 0.29) is 18.7 Å². The zero-order chi connectivity index (χ0) is 13.5. The van der Waals surface area contributed by atoms with Crippen LogP contribution in [0.5, 0.6) is 0 Å². The van der Waals surface area contributed by atoms with Crippen LogP contribution in [0.3, 0.4) is 0 Å². The zero-order valence-corrected chi connectivity index (χ0v) is 11.2. The maximum absolute atomic E-state index is 12.2. The van der Waals surface area contributed by atoms with Crippen molar-refractivity contribution in [3.63, 3.8) is 0 Å². The predicted octanol–water partition coefficient (Wildman–Crippen LogP) is 1.61. The van der Waals surface area contributed by atoms with E-state index in [0.717, 1.165) is 25.9 Å². The third-order valence-corrected chi connectivity index (χ3v) is 3.55. The van der Waals surface area contributed by atoms with E-state index >= 15 is 0 Å². The molecule has 2 rings (SSSR count). The molecule has 4 heteroatoms. The Morgan fingerprint density at radius 1 is 1.26 bits per heavy atom. The lowest BCUT2D eigenvalue weighted by atomic mass is 10.2. The number of likely N-dealkylation sites (tertiary alicyclic amines) is 1. The van der Waals surface area contributed by atoms with Crippen molar-refractivity contribution in [1.29, 1.82) is 0 Å². The van der Waals surface area contributed by atoms with Gasteiger partial charge in [0.15, 0.2) is 0 Å². The molecule has 1 aliphatic rings. The van der Waals surface area contributed by atoms with Crippen LogP contribution in [0.1, 0.15) is 36.0 Å². The highest BCUT2D eigenvalue weighted by Crippen LogP contribution is 2.14. The minimum atomic E-state index is -0.0320. The van der Waals surface area contributed by atoms with E-state index in [4.69, 9.17) is 5.11 Å². The van der Waals surface area contributed by atoms with Crippen molar-refractivity contribution in [3.05, 3.63) is 35.9 Å². The number of carbonyl (C=O) groups excluding carboxylic acids is 1. The standard InChI is InChI=1S/C15H22N2O2/c18-12-6-9-14(17-10-4-5-11-17)16-15(19)13-7-2-1-3-8-13/h1-3,7-8,14,18H,4-6,9-12H2,(H,16,19). The highest BCUT2D eigenvalue weighted by atomic mass is 16.3. The number of amides is 1. The molecule has 0 saturated carbocycles. The zero-order valence-electron chi connectivity index (χ0n) is 11.2. The van der Waals surface area contributed by atoms with E-state index in [1.54, 1.807) is 0 Å². The van der Waals surface area contributed by atoms with Gasteiger partial charge in [-0.2, -0.15) is 0 Å². The molecule has 0 bridgehead atoms. The van der Waals surface area contributed by atoms with E-state index in [2.05, 4.69) is 10.2 Å². The highest BCUT2D eigenvalue weighted by Gasteiger charge is 2.23. The molecule has 1 atom stereocenters. The Hall–Kier alpha value is -1.39. The summed E-state index contributed by atoms with van der Waals surface area (Å²) in [6.45, 7) is 2.24. The SMILES string of the molecule is O=C(NC(CCCO)N1CCCC1)c1ccccc1. The number of carbonyl (C=O) groups is 1. The number of aliphatic hydroxyl groups excluding tert-OH is 1. The summed E-state index contributed by atoms with van der Waals surface area (Å²) in [7, 11) is 0. The molecule has 1 aromatic carbocycles.